The molecular formula is C14H15O2P2S4. The Balaban J connectivity index is 1.97. The van der Waals surface area contributed by atoms with Crippen molar-refractivity contribution < 1.29 is 9.47 Å². The van der Waals surface area contributed by atoms with Gasteiger partial charge in [-0.2, -0.15) is 0 Å². The fourth-order valence-corrected chi connectivity index (χ4v) is 37.0. The van der Waals surface area contributed by atoms with Crippen LogP contribution in [0.5, 0.6) is 11.5 Å². The van der Waals surface area contributed by atoms with Crippen LogP contribution in [0.4, 0.5) is 0 Å². The Hall–Kier alpha value is 0.300. The monoisotopic (exact) mass is 405 g/mol. The van der Waals surface area contributed by atoms with Crippen LogP contribution >= 0.6 is 55.3 Å². The third-order valence-corrected chi connectivity index (χ3v) is 33.3. The molecule has 0 saturated carbocycles. The van der Waals surface area contributed by atoms with Gasteiger partial charge in [0.25, 0.3) is 0 Å². The lowest BCUT2D eigenvalue weighted by Gasteiger charge is -2.46. The van der Waals surface area contributed by atoms with Gasteiger partial charge in [-0.1, -0.05) is 22.0 Å². The first-order chi connectivity index (χ1) is 10.7. The topological polar surface area (TPSA) is 18.5 Å². The predicted octanol–water partition coefficient (Wildman–Crippen LogP) is 5.79. The quantitative estimate of drug-likeness (QED) is 0.385. The molecule has 0 atom stereocenters. The molecular weight excluding hydrogens is 390 g/mol. The molecule has 1 saturated heterocycles. The van der Waals surface area contributed by atoms with Gasteiger partial charge in [0.2, 0.25) is 0 Å². The van der Waals surface area contributed by atoms with Crippen molar-refractivity contribution in [2.75, 3.05) is 14.2 Å². The third kappa shape index (κ3) is 3.24. The van der Waals surface area contributed by atoms with Crippen LogP contribution in [0.15, 0.2) is 48.5 Å². The number of hydrogen-bond donors (Lipinski definition) is 1. The summed E-state index contributed by atoms with van der Waals surface area (Å²) in [5.41, 5.74) is -1.58. The second kappa shape index (κ2) is 7.46. The minimum atomic E-state index is -1.43. The maximum Gasteiger partial charge on any atom is 0.118 e. The molecule has 0 N–H and O–H groups in total. The Kier molecular flexibility index (Phi) is 5.81. The number of ether oxygens (including phenoxy) is 2. The Bertz CT molecular complexity index is 581. The molecule has 0 spiro atoms. The van der Waals surface area contributed by atoms with Crippen molar-refractivity contribution in [3.05, 3.63) is 48.5 Å². The smallest absolute Gasteiger partial charge is 0.118 e. The molecule has 2 aromatic rings. The summed E-state index contributed by atoms with van der Waals surface area (Å²) in [4.78, 5) is 0. The van der Waals surface area contributed by atoms with Crippen LogP contribution in [-0.4, -0.2) is 14.2 Å². The van der Waals surface area contributed by atoms with E-state index in [0.717, 1.165) is 11.5 Å². The highest BCUT2D eigenvalue weighted by Crippen LogP contribution is 3.08. The molecule has 1 fully saturated rings. The summed E-state index contributed by atoms with van der Waals surface area (Å²) in [6, 6.07) is 17.0. The first-order valence-corrected chi connectivity index (χ1v) is 16.1. The van der Waals surface area contributed by atoms with E-state index in [4.69, 9.17) is 9.47 Å². The molecule has 1 radical (unpaired) electrons. The van der Waals surface area contributed by atoms with Gasteiger partial charge in [-0.25, -0.2) is 0 Å². The molecule has 1 heterocycles. The normalized spacial score (nSPS) is 16.9. The fraction of sp³-hybridized carbons (Fsp3) is 0.143. The van der Waals surface area contributed by atoms with Crippen molar-refractivity contribution in [1.82, 2.24) is 0 Å². The molecule has 1 aliphatic rings. The van der Waals surface area contributed by atoms with Crippen LogP contribution in [0, 0.1) is 0 Å². The minimum absolute atomic E-state index is 0.152. The second-order valence-electron chi connectivity index (χ2n) is 4.42. The van der Waals surface area contributed by atoms with Crippen LogP contribution in [0.2, 0.25) is 0 Å². The lowest BCUT2D eigenvalue weighted by atomic mass is 10.3. The van der Waals surface area contributed by atoms with Gasteiger partial charge in [-0.15, -0.1) is 11.7 Å². The van der Waals surface area contributed by atoms with Crippen molar-refractivity contribution in [2.45, 2.75) is 0 Å². The molecule has 0 bridgehead atoms. The van der Waals surface area contributed by atoms with Gasteiger partial charge in [0.1, 0.15) is 11.5 Å². The van der Waals surface area contributed by atoms with Gasteiger partial charge in [-0.05, 0) is 69.6 Å². The molecule has 0 aromatic heterocycles. The molecule has 117 valence electrons. The minimum Gasteiger partial charge on any atom is -0.497 e. The second-order valence-corrected chi connectivity index (χ2v) is 22.7. The van der Waals surface area contributed by atoms with E-state index in [1.807, 2.05) is 0 Å². The summed E-state index contributed by atoms with van der Waals surface area (Å²) in [5, 5.41) is 2.80. The van der Waals surface area contributed by atoms with Crippen molar-refractivity contribution in [2.24, 2.45) is 0 Å². The Morgan fingerprint density at radius 1 is 0.864 bits per heavy atom. The summed E-state index contributed by atoms with van der Waals surface area (Å²) < 4.78 is 10.6. The Morgan fingerprint density at radius 2 is 1.27 bits per heavy atom. The van der Waals surface area contributed by atoms with Crippen LogP contribution in [-0.2, 0) is 0 Å². The number of methoxy groups -OCH3 is 2. The lowest BCUT2D eigenvalue weighted by molar-refractivity contribution is 0.415. The average molecular weight is 405 g/mol. The molecule has 2 aromatic carbocycles. The molecule has 0 aliphatic carbocycles. The van der Waals surface area contributed by atoms with E-state index in [-0.39, 0.29) is 5.53 Å². The molecule has 0 amide bonds. The zero-order chi connectivity index (χ0) is 15.6. The predicted molar refractivity (Wildman–Crippen MR) is 111 cm³/mol. The molecule has 22 heavy (non-hydrogen) atoms. The first-order valence-electron chi connectivity index (χ1n) is 6.41. The summed E-state index contributed by atoms with van der Waals surface area (Å²) in [6.45, 7) is 0. The molecule has 8 heteroatoms. The molecule has 1 aliphatic heterocycles. The molecule has 3 rings (SSSR count). The highest BCUT2D eigenvalue weighted by molar-refractivity contribution is 9.54. The highest BCUT2D eigenvalue weighted by Gasteiger charge is 2.48. The third-order valence-electron chi connectivity index (χ3n) is 3.25. The Morgan fingerprint density at radius 3 is 1.59 bits per heavy atom. The van der Waals surface area contributed by atoms with Crippen molar-refractivity contribution in [3.63, 3.8) is 0 Å². The fourth-order valence-electron chi connectivity index (χ4n) is 2.12. The zero-order valence-corrected chi connectivity index (χ0v) is 17.1. The van der Waals surface area contributed by atoms with Gasteiger partial charge in [-0.3, -0.25) is 0 Å². The molecule has 0 unspecified atom stereocenters. The van der Waals surface area contributed by atoms with Gasteiger partial charge >= 0.3 is 0 Å². The van der Waals surface area contributed by atoms with E-state index in [1.165, 1.54) is 10.6 Å². The number of thiol groups is 1. The SMILES string of the molecule is COc1ccc([P]2(c3ccc(OC)cc3)SP(SS)S2)cc1. The lowest BCUT2D eigenvalue weighted by Crippen LogP contribution is -2.19. The van der Waals surface area contributed by atoms with Crippen LogP contribution in [0.1, 0.15) is 0 Å². The van der Waals surface area contributed by atoms with E-state index in [0.29, 0.717) is 0 Å². The van der Waals surface area contributed by atoms with Crippen molar-refractivity contribution in [1.29, 1.82) is 0 Å². The average Bonchev–Trinajstić information content (AvgIpc) is 2.55. The zero-order valence-electron chi connectivity index (χ0n) is 12.0. The summed E-state index contributed by atoms with van der Waals surface area (Å²) in [5.74, 6) is 1.80. The summed E-state index contributed by atoms with van der Waals surface area (Å²) in [6.07, 6.45) is 0. The molecule has 2 nitrogen and oxygen atoms in total. The van der Waals surface area contributed by atoms with Crippen LogP contribution in [0.3, 0.4) is 0 Å². The maximum absolute atomic E-state index is 5.28. The van der Waals surface area contributed by atoms with E-state index in [9.17, 15) is 0 Å². The summed E-state index contributed by atoms with van der Waals surface area (Å²) >= 11 is 8.59. The Labute approximate surface area is 149 Å². The highest BCUT2D eigenvalue weighted by atomic mass is 33.8. The number of benzene rings is 2. The van der Waals surface area contributed by atoms with E-state index in [1.54, 1.807) is 24.6 Å². The van der Waals surface area contributed by atoms with E-state index in [2.05, 4.69) is 82.2 Å². The van der Waals surface area contributed by atoms with Crippen LogP contribution in [0.25, 0.3) is 0 Å². The van der Waals surface area contributed by atoms with Crippen LogP contribution < -0.4 is 20.1 Å². The van der Waals surface area contributed by atoms with Crippen molar-refractivity contribution in [3.8, 4) is 11.5 Å². The van der Waals surface area contributed by atoms with E-state index < -0.39 is 5.67 Å². The van der Waals surface area contributed by atoms with Gasteiger partial charge in [0, 0.05) is 5.67 Å². The number of hydrogen-bond acceptors (Lipinski definition) is 6. The van der Waals surface area contributed by atoms with Gasteiger partial charge in [0.05, 0.1) is 19.7 Å². The first kappa shape index (κ1) is 17.1. The largest absolute Gasteiger partial charge is 0.497 e. The van der Waals surface area contributed by atoms with E-state index >= 15 is 0 Å². The van der Waals surface area contributed by atoms with Gasteiger partial charge in [0.15, 0.2) is 0 Å². The number of rotatable bonds is 5. The maximum atomic E-state index is 5.28. The standard InChI is InChI=1S/C14H15O2P2S4/c1-15-11-3-7-13(8-4-11)18(20-17(21-18)22-19)14-9-5-12(16-2)6-10-14/h3-10,19H,1-2H3. The summed E-state index contributed by atoms with van der Waals surface area (Å²) in [7, 11) is 5.08. The van der Waals surface area contributed by atoms with Crippen molar-refractivity contribution >= 4 is 65.9 Å². The van der Waals surface area contributed by atoms with Gasteiger partial charge < -0.3 is 9.47 Å².